The second-order valence-corrected chi connectivity index (χ2v) is 8.61. The Balaban J connectivity index is 1.67. The number of benzene rings is 3. The number of hydrogen-bond acceptors (Lipinski definition) is 6. The first-order chi connectivity index (χ1) is 17.8. The van der Waals surface area contributed by atoms with Crippen molar-refractivity contribution in [2.24, 2.45) is 0 Å². The fraction of sp³-hybridized carbons (Fsp3) is 0.111. The zero-order valence-electron chi connectivity index (χ0n) is 19.5. The zero-order valence-corrected chi connectivity index (χ0v) is 21.0. The van der Waals surface area contributed by atoms with E-state index in [2.05, 4.69) is 27.3 Å². The van der Waals surface area contributed by atoms with Gasteiger partial charge in [0.2, 0.25) is 0 Å². The lowest BCUT2D eigenvalue weighted by Crippen LogP contribution is -2.54. The summed E-state index contributed by atoms with van der Waals surface area (Å²) in [6.45, 7) is 2.20. The van der Waals surface area contributed by atoms with Crippen molar-refractivity contribution < 1.29 is 28.2 Å². The van der Waals surface area contributed by atoms with Crippen molar-refractivity contribution in [2.45, 2.75) is 13.5 Å². The van der Waals surface area contributed by atoms with Crippen LogP contribution in [0.5, 0.6) is 11.5 Å². The number of nitriles is 1. The minimum absolute atomic E-state index is 0.0153. The molecule has 0 saturated carbocycles. The summed E-state index contributed by atoms with van der Waals surface area (Å²) in [7, 11) is 0. The Kier molecular flexibility index (Phi) is 7.65. The molecule has 0 unspecified atom stereocenters. The van der Waals surface area contributed by atoms with Gasteiger partial charge in [0.25, 0.3) is 11.8 Å². The minimum Gasteiger partial charge on any atom is -0.490 e. The Morgan fingerprint density at radius 2 is 1.86 bits per heavy atom. The van der Waals surface area contributed by atoms with Crippen LogP contribution in [0.4, 0.5) is 14.9 Å². The minimum atomic E-state index is -0.977. The zero-order chi connectivity index (χ0) is 26.5. The molecule has 3 aromatic rings. The topological polar surface area (TPSA) is 109 Å². The number of anilines is 1. The molecular weight excluding hydrogens is 545 g/mol. The molecule has 1 fully saturated rings. The molecular formula is C27H19BrFN3O5. The molecule has 0 atom stereocenters. The highest BCUT2D eigenvalue weighted by atomic mass is 79.9. The van der Waals surface area contributed by atoms with Crippen molar-refractivity contribution in [2.75, 3.05) is 11.5 Å². The molecule has 8 nitrogen and oxygen atoms in total. The number of rotatable bonds is 7. The number of amides is 4. The van der Waals surface area contributed by atoms with Crippen LogP contribution in [0.25, 0.3) is 6.08 Å². The molecule has 10 heteroatoms. The molecule has 1 aliphatic rings. The Bertz CT molecular complexity index is 1480. The van der Waals surface area contributed by atoms with E-state index >= 15 is 0 Å². The Morgan fingerprint density at radius 3 is 2.59 bits per heavy atom. The Morgan fingerprint density at radius 1 is 1.08 bits per heavy atom. The molecule has 0 spiro atoms. The van der Waals surface area contributed by atoms with Gasteiger partial charge in [-0.3, -0.25) is 14.9 Å². The summed E-state index contributed by atoms with van der Waals surface area (Å²) in [5.41, 5.74) is 1.25. The fourth-order valence-electron chi connectivity index (χ4n) is 3.65. The molecule has 4 rings (SSSR count). The van der Waals surface area contributed by atoms with Crippen LogP contribution in [0.2, 0.25) is 0 Å². The number of nitrogens with zero attached hydrogens (tertiary/aromatic N) is 2. The predicted molar refractivity (Wildman–Crippen MR) is 136 cm³/mol. The van der Waals surface area contributed by atoms with Crippen molar-refractivity contribution in [1.82, 2.24) is 5.32 Å². The molecule has 1 saturated heterocycles. The van der Waals surface area contributed by atoms with E-state index in [1.165, 1.54) is 24.3 Å². The van der Waals surface area contributed by atoms with Crippen molar-refractivity contribution in [3.63, 3.8) is 0 Å². The van der Waals surface area contributed by atoms with Crippen molar-refractivity contribution in [3.05, 3.63) is 93.2 Å². The smallest absolute Gasteiger partial charge is 0.335 e. The third-order valence-electron chi connectivity index (χ3n) is 5.32. The molecule has 0 bridgehead atoms. The van der Waals surface area contributed by atoms with Crippen LogP contribution in [-0.4, -0.2) is 24.5 Å². The third kappa shape index (κ3) is 5.52. The Labute approximate surface area is 220 Å². The first kappa shape index (κ1) is 25.6. The molecule has 0 radical (unpaired) electrons. The highest BCUT2D eigenvalue weighted by Gasteiger charge is 2.37. The van der Waals surface area contributed by atoms with Crippen LogP contribution in [0, 0.1) is 17.1 Å². The first-order valence-electron chi connectivity index (χ1n) is 11.1. The monoisotopic (exact) mass is 563 g/mol. The molecule has 1 aliphatic heterocycles. The molecule has 4 amide bonds. The SMILES string of the molecule is CCOc1cc(/C=C2\C(=O)NC(=O)N(c3cccc(F)c3)C2=O)cc(Br)c1OCc1ccccc1C#N. The van der Waals surface area contributed by atoms with Crippen LogP contribution < -0.4 is 19.7 Å². The van der Waals surface area contributed by atoms with Crippen LogP contribution in [-0.2, 0) is 16.2 Å². The quantitative estimate of drug-likeness (QED) is 0.316. The maximum absolute atomic E-state index is 13.7. The summed E-state index contributed by atoms with van der Waals surface area (Å²) in [6.07, 6.45) is 1.30. The highest BCUT2D eigenvalue weighted by molar-refractivity contribution is 9.10. The predicted octanol–water partition coefficient (Wildman–Crippen LogP) is 5.10. The van der Waals surface area contributed by atoms with E-state index in [0.717, 1.165) is 6.07 Å². The van der Waals surface area contributed by atoms with Gasteiger partial charge in [-0.25, -0.2) is 14.1 Å². The summed E-state index contributed by atoms with van der Waals surface area (Å²) in [5.74, 6) is -1.72. The lowest BCUT2D eigenvalue weighted by atomic mass is 10.1. The second kappa shape index (κ2) is 11.1. The number of urea groups is 1. The maximum atomic E-state index is 13.7. The largest absolute Gasteiger partial charge is 0.490 e. The average Bonchev–Trinajstić information content (AvgIpc) is 2.86. The van der Waals surface area contributed by atoms with E-state index < -0.39 is 23.7 Å². The van der Waals surface area contributed by atoms with Gasteiger partial charge in [-0.15, -0.1) is 0 Å². The highest BCUT2D eigenvalue weighted by Crippen LogP contribution is 2.38. The van der Waals surface area contributed by atoms with E-state index in [0.29, 0.717) is 44.2 Å². The van der Waals surface area contributed by atoms with Gasteiger partial charge >= 0.3 is 6.03 Å². The number of halogens is 2. The Hall–Kier alpha value is -4.49. The molecule has 1 N–H and O–H groups in total. The van der Waals surface area contributed by atoms with E-state index in [-0.39, 0.29) is 17.9 Å². The fourth-order valence-corrected chi connectivity index (χ4v) is 4.23. The number of carbonyl (C=O) groups is 3. The van der Waals surface area contributed by atoms with Gasteiger partial charge in [-0.1, -0.05) is 24.3 Å². The average molecular weight is 564 g/mol. The summed E-state index contributed by atoms with van der Waals surface area (Å²) in [5, 5.41) is 11.4. The number of carbonyl (C=O) groups excluding carboxylic acids is 3. The number of nitrogens with one attached hydrogen (secondary N) is 1. The van der Waals surface area contributed by atoms with Crippen LogP contribution in [0.15, 0.2) is 70.7 Å². The standard InChI is InChI=1S/C27H19BrFN3O5/c1-2-36-23-12-16(11-22(28)24(23)37-15-18-7-4-3-6-17(18)14-30)10-21-25(33)31-27(35)32(26(21)34)20-9-5-8-19(29)13-20/h3-13H,2,15H2,1H3,(H,31,33,35)/b21-10+. The van der Waals surface area contributed by atoms with Gasteiger partial charge in [0.05, 0.1) is 28.4 Å². The van der Waals surface area contributed by atoms with Crippen molar-refractivity contribution in [3.8, 4) is 17.6 Å². The maximum Gasteiger partial charge on any atom is 0.335 e. The van der Waals surface area contributed by atoms with Gasteiger partial charge in [0.1, 0.15) is 18.0 Å². The summed E-state index contributed by atoms with van der Waals surface area (Å²) in [4.78, 5) is 38.7. The van der Waals surface area contributed by atoms with Gasteiger partial charge in [0.15, 0.2) is 11.5 Å². The van der Waals surface area contributed by atoms with E-state index in [1.54, 1.807) is 43.3 Å². The third-order valence-corrected chi connectivity index (χ3v) is 5.91. The number of barbiturate groups is 1. The van der Waals surface area contributed by atoms with E-state index in [1.807, 2.05) is 0 Å². The lowest BCUT2D eigenvalue weighted by molar-refractivity contribution is -0.122. The van der Waals surface area contributed by atoms with E-state index in [9.17, 15) is 24.0 Å². The number of imide groups is 2. The lowest BCUT2D eigenvalue weighted by Gasteiger charge is -2.26. The van der Waals surface area contributed by atoms with Gasteiger partial charge in [-0.05, 0) is 70.9 Å². The van der Waals surface area contributed by atoms with E-state index in [4.69, 9.17) is 9.47 Å². The summed E-state index contributed by atoms with van der Waals surface area (Å²) < 4.78 is 25.9. The number of ether oxygens (including phenoxy) is 2. The number of hydrogen-bond donors (Lipinski definition) is 1. The van der Waals surface area contributed by atoms with Gasteiger partial charge < -0.3 is 9.47 Å². The van der Waals surface area contributed by atoms with Crippen LogP contribution >= 0.6 is 15.9 Å². The molecule has 1 heterocycles. The summed E-state index contributed by atoms with van der Waals surface area (Å²) in [6, 6.07) is 16.3. The van der Waals surface area contributed by atoms with Crippen LogP contribution in [0.3, 0.4) is 0 Å². The molecule has 0 aliphatic carbocycles. The normalized spacial score (nSPS) is 14.4. The van der Waals surface area contributed by atoms with Crippen molar-refractivity contribution in [1.29, 1.82) is 5.26 Å². The summed E-state index contributed by atoms with van der Waals surface area (Å²) >= 11 is 3.45. The van der Waals surface area contributed by atoms with Crippen molar-refractivity contribution >= 4 is 45.5 Å². The van der Waals surface area contributed by atoms with Crippen LogP contribution in [0.1, 0.15) is 23.6 Å². The first-order valence-corrected chi connectivity index (χ1v) is 11.9. The van der Waals surface area contributed by atoms with Gasteiger partial charge in [0, 0.05) is 5.56 Å². The van der Waals surface area contributed by atoms with Gasteiger partial charge in [-0.2, -0.15) is 5.26 Å². The second-order valence-electron chi connectivity index (χ2n) is 7.76. The molecule has 3 aromatic carbocycles. The molecule has 186 valence electrons. The molecule has 0 aromatic heterocycles. The molecule has 37 heavy (non-hydrogen) atoms.